The predicted octanol–water partition coefficient (Wildman–Crippen LogP) is 4.79. The molecule has 8 heteroatoms. The van der Waals surface area contributed by atoms with Crippen molar-refractivity contribution >= 4 is 66.0 Å². The maximum atomic E-state index is 11.9. The number of rotatable bonds is 5. The standard InChI is InChI=1S/C20H15Br2ClN2O3/c21-14-4-7-16-13(10-14)3-8-17(20(16)22)28-11-19(27)25-24-18(26)9-12-1-5-15(23)6-2-12/h1-8,10H,9,11H2,(H,24,26)(H,25,27). The number of hydrogen-bond acceptors (Lipinski definition) is 3. The summed E-state index contributed by atoms with van der Waals surface area (Å²) in [4.78, 5) is 23.8. The Balaban J connectivity index is 1.51. The van der Waals surface area contributed by atoms with Crippen LogP contribution in [-0.2, 0) is 16.0 Å². The third-order valence-corrected chi connectivity index (χ3v) is 5.42. The molecule has 0 fully saturated rings. The highest BCUT2D eigenvalue weighted by Crippen LogP contribution is 2.34. The minimum absolute atomic E-state index is 0.129. The van der Waals surface area contributed by atoms with Crippen LogP contribution < -0.4 is 15.6 Å². The summed E-state index contributed by atoms with van der Waals surface area (Å²) in [5, 5.41) is 2.60. The fourth-order valence-electron chi connectivity index (χ4n) is 2.50. The zero-order chi connectivity index (χ0) is 20.1. The average molecular weight is 527 g/mol. The maximum Gasteiger partial charge on any atom is 0.276 e. The lowest BCUT2D eigenvalue weighted by molar-refractivity contribution is -0.129. The van der Waals surface area contributed by atoms with E-state index in [9.17, 15) is 9.59 Å². The molecule has 0 heterocycles. The maximum absolute atomic E-state index is 11.9. The predicted molar refractivity (Wildman–Crippen MR) is 116 cm³/mol. The number of amides is 2. The number of carbonyl (C=O) groups excluding carboxylic acids is 2. The highest BCUT2D eigenvalue weighted by molar-refractivity contribution is 9.11. The molecule has 0 atom stereocenters. The van der Waals surface area contributed by atoms with Gasteiger partial charge in [0.25, 0.3) is 5.91 Å². The van der Waals surface area contributed by atoms with Crippen LogP contribution in [-0.4, -0.2) is 18.4 Å². The highest BCUT2D eigenvalue weighted by Gasteiger charge is 2.10. The Hall–Kier alpha value is -2.09. The Morgan fingerprint density at radius 1 is 0.929 bits per heavy atom. The summed E-state index contributed by atoms with van der Waals surface area (Å²) in [6.45, 7) is -0.234. The lowest BCUT2D eigenvalue weighted by Gasteiger charge is -2.11. The number of fused-ring (bicyclic) bond motifs is 1. The van der Waals surface area contributed by atoms with Crippen LogP contribution in [0.3, 0.4) is 0 Å². The van der Waals surface area contributed by atoms with Crippen molar-refractivity contribution in [2.45, 2.75) is 6.42 Å². The van der Waals surface area contributed by atoms with E-state index in [1.165, 1.54) is 0 Å². The van der Waals surface area contributed by atoms with Gasteiger partial charge in [-0.1, -0.05) is 51.8 Å². The largest absolute Gasteiger partial charge is 0.483 e. The second-order valence-electron chi connectivity index (χ2n) is 5.93. The Kier molecular flexibility index (Phi) is 6.93. The van der Waals surface area contributed by atoms with Crippen LogP contribution in [0.4, 0.5) is 0 Å². The van der Waals surface area contributed by atoms with Crippen LogP contribution >= 0.6 is 43.5 Å². The molecule has 144 valence electrons. The first-order valence-corrected chi connectivity index (χ1v) is 10.2. The van der Waals surface area contributed by atoms with E-state index < -0.39 is 5.91 Å². The first kappa shape index (κ1) is 20.6. The summed E-state index contributed by atoms with van der Waals surface area (Å²) in [6, 6.07) is 16.5. The van der Waals surface area contributed by atoms with Crippen molar-refractivity contribution in [3.8, 4) is 5.75 Å². The van der Waals surface area contributed by atoms with Gasteiger partial charge in [-0.3, -0.25) is 20.4 Å². The summed E-state index contributed by atoms with van der Waals surface area (Å²) in [6.07, 6.45) is 0.129. The second-order valence-corrected chi connectivity index (χ2v) is 8.08. The Labute approximate surface area is 183 Å². The molecule has 0 unspecified atom stereocenters. The van der Waals surface area contributed by atoms with Crippen molar-refractivity contribution in [2.24, 2.45) is 0 Å². The second kappa shape index (κ2) is 9.41. The van der Waals surface area contributed by atoms with Gasteiger partial charge >= 0.3 is 0 Å². The zero-order valence-corrected chi connectivity index (χ0v) is 18.4. The van der Waals surface area contributed by atoms with Gasteiger partial charge in [-0.15, -0.1) is 0 Å². The van der Waals surface area contributed by atoms with E-state index in [4.69, 9.17) is 16.3 Å². The van der Waals surface area contributed by atoms with Crippen molar-refractivity contribution in [3.63, 3.8) is 0 Å². The summed E-state index contributed by atoms with van der Waals surface area (Å²) in [5.41, 5.74) is 5.49. The number of ether oxygens (including phenoxy) is 1. The van der Waals surface area contributed by atoms with Gasteiger partial charge in [0.1, 0.15) is 5.75 Å². The Morgan fingerprint density at radius 3 is 2.39 bits per heavy atom. The topological polar surface area (TPSA) is 67.4 Å². The number of halogens is 3. The highest BCUT2D eigenvalue weighted by atomic mass is 79.9. The average Bonchev–Trinajstić information content (AvgIpc) is 2.67. The lowest BCUT2D eigenvalue weighted by atomic mass is 10.1. The molecule has 2 N–H and O–H groups in total. The van der Waals surface area contributed by atoms with Crippen LogP contribution in [0.2, 0.25) is 5.02 Å². The molecule has 0 spiro atoms. The van der Waals surface area contributed by atoms with E-state index in [0.29, 0.717) is 10.8 Å². The molecule has 0 aliphatic carbocycles. The van der Waals surface area contributed by atoms with Crippen LogP contribution in [0.15, 0.2) is 63.5 Å². The lowest BCUT2D eigenvalue weighted by Crippen LogP contribution is -2.44. The Bertz CT molecular complexity index is 1030. The Morgan fingerprint density at radius 2 is 1.64 bits per heavy atom. The van der Waals surface area contributed by atoms with E-state index >= 15 is 0 Å². The van der Waals surface area contributed by atoms with Crippen molar-refractivity contribution in [2.75, 3.05) is 6.61 Å². The van der Waals surface area contributed by atoms with Crippen LogP contribution in [0, 0.1) is 0 Å². The SMILES string of the molecule is O=C(COc1ccc2cc(Br)ccc2c1Br)NNC(=O)Cc1ccc(Cl)cc1. The number of benzene rings is 3. The van der Waals surface area contributed by atoms with Gasteiger partial charge in [0, 0.05) is 9.50 Å². The molecule has 3 aromatic rings. The quantitative estimate of drug-likeness (QED) is 0.470. The molecular formula is C20H15Br2ClN2O3. The molecule has 0 radical (unpaired) electrons. The molecule has 3 rings (SSSR count). The van der Waals surface area contributed by atoms with Gasteiger partial charge in [-0.2, -0.15) is 0 Å². The smallest absolute Gasteiger partial charge is 0.276 e. The first-order valence-electron chi connectivity index (χ1n) is 8.25. The first-order chi connectivity index (χ1) is 13.4. The summed E-state index contributed by atoms with van der Waals surface area (Å²) in [7, 11) is 0. The third-order valence-electron chi connectivity index (χ3n) is 3.86. The van der Waals surface area contributed by atoms with Crippen LogP contribution in [0.25, 0.3) is 10.8 Å². The molecular weight excluding hydrogens is 511 g/mol. The summed E-state index contributed by atoms with van der Waals surface area (Å²) < 4.78 is 7.31. The minimum Gasteiger partial charge on any atom is -0.483 e. The molecule has 0 bridgehead atoms. The van der Waals surface area contributed by atoms with E-state index in [1.54, 1.807) is 30.3 Å². The number of carbonyl (C=O) groups is 2. The van der Waals surface area contributed by atoms with Crippen molar-refractivity contribution in [3.05, 3.63) is 74.1 Å². The molecule has 0 saturated heterocycles. The number of hydrogen-bond donors (Lipinski definition) is 2. The monoisotopic (exact) mass is 524 g/mol. The zero-order valence-electron chi connectivity index (χ0n) is 14.5. The molecule has 0 saturated carbocycles. The van der Waals surface area contributed by atoms with Gasteiger partial charge in [0.05, 0.1) is 10.9 Å². The van der Waals surface area contributed by atoms with Crippen LogP contribution in [0.5, 0.6) is 5.75 Å². The number of nitrogens with one attached hydrogen (secondary N) is 2. The minimum atomic E-state index is -0.466. The summed E-state index contributed by atoms with van der Waals surface area (Å²) in [5.74, 6) is -0.266. The van der Waals surface area contributed by atoms with Crippen molar-refractivity contribution < 1.29 is 14.3 Å². The van der Waals surface area contributed by atoms with E-state index in [0.717, 1.165) is 25.3 Å². The van der Waals surface area contributed by atoms with Gasteiger partial charge in [0.15, 0.2) is 6.61 Å². The number of hydrazine groups is 1. The summed E-state index contributed by atoms with van der Waals surface area (Å²) >= 11 is 12.8. The fourth-order valence-corrected chi connectivity index (χ4v) is 3.62. The molecule has 0 aromatic heterocycles. The van der Waals surface area contributed by atoms with Gasteiger partial charge in [-0.25, -0.2) is 0 Å². The van der Waals surface area contributed by atoms with Crippen LogP contribution in [0.1, 0.15) is 5.56 Å². The molecule has 3 aromatic carbocycles. The van der Waals surface area contributed by atoms with Crippen molar-refractivity contribution in [1.82, 2.24) is 10.9 Å². The van der Waals surface area contributed by atoms with Gasteiger partial charge in [-0.05, 0) is 62.6 Å². The molecule has 2 amide bonds. The van der Waals surface area contributed by atoms with E-state index in [1.807, 2.05) is 24.3 Å². The fraction of sp³-hybridized carbons (Fsp3) is 0.100. The molecule has 0 aliphatic rings. The van der Waals surface area contributed by atoms with E-state index in [2.05, 4.69) is 42.7 Å². The van der Waals surface area contributed by atoms with Gasteiger partial charge in [0.2, 0.25) is 5.91 Å². The van der Waals surface area contributed by atoms with Gasteiger partial charge < -0.3 is 4.74 Å². The van der Waals surface area contributed by atoms with Crippen molar-refractivity contribution in [1.29, 1.82) is 0 Å². The van der Waals surface area contributed by atoms with E-state index in [-0.39, 0.29) is 18.9 Å². The molecule has 28 heavy (non-hydrogen) atoms. The molecule has 5 nitrogen and oxygen atoms in total. The molecule has 0 aliphatic heterocycles. The third kappa shape index (κ3) is 5.47. The normalized spacial score (nSPS) is 10.5.